The Balaban J connectivity index is 2.10. The molecule has 0 bridgehead atoms. The zero-order valence-electron chi connectivity index (χ0n) is 11.4. The van der Waals surface area contributed by atoms with Gasteiger partial charge in [-0.15, -0.1) is 11.6 Å². The topological polar surface area (TPSA) is 40.6 Å². The third-order valence-corrected chi connectivity index (χ3v) is 3.06. The Hall–Kier alpha value is -1.94. The summed E-state index contributed by atoms with van der Waals surface area (Å²) in [5.41, 5.74) is 1.77. The van der Waals surface area contributed by atoms with E-state index in [4.69, 9.17) is 25.8 Å². The van der Waals surface area contributed by atoms with Gasteiger partial charge in [0.05, 0.1) is 19.9 Å². The predicted molar refractivity (Wildman–Crippen MR) is 77.7 cm³/mol. The van der Waals surface area contributed by atoms with Gasteiger partial charge in [0, 0.05) is 11.9 Å². The van der Waals surface area contributed by atoms with Gasteiger partial charge in [-0.2, -0.15) is 0 Å². The molecule has 2 aromatic rings. The quantitative estimate of drug-likeness (QED) is 0.765. The van der Waals surface area contributed by atoms with E-state index in [0.717, 1.165) is 11.3 Å². The third-order valence-electron chi connectivity index (χ3n) is 2.75. The Bertz CT molecular complexity index is 575. The molecule has 0 spiro atoms. The average Bonchev–Trinajstić information content (AvgIpc) is 2.52. The Labute approximate surface area is 123 Å². The van der Waals surface area contributed by atoms with Crippen LogP contribution < -0.4 is 14.2 Å². The number of methoxy groups -OCH3 is 2. The number of nitrogens with zero attached hydrogens (tertiary/aromatic N) is 1. The van der Waals surface area contributed by atoms with E-state index in [9.17, 15) is 0 Å². The molecule has 0 aliphatic heterocycles. The van der Waals surface area contributed by atoms with Gasteiger partial charge in [-0.05, 0) is 23.8 Å². The number of ether oxygens (including phenoxy) is 3. The number of halogens is 1. The van der Waals surface area contributed by atoms with Crippen molar-refractivity contribution in [2.75, 3.05) is 14.2 Å². The monoisotopic (exact) mass is 293 g/mol. The maximum Gasteiger partial charge on any atom is 0.213 e. The molecule has 0 fully saturated rings. The number of alkyl halides is 1. The summed E-state index contributed by atoms with van der Waals surface area (Å²) < 4.78 is 16.1. The van der Waals surface area contributed by atoms with Crippen molar-refractivity contribution >= 4 is 11.6 Å². The molecule has 1 aromatic heterocycles. The molecule has 0 amide bonds. The molecule has 0 saturated heterocycles. The second-order valence-electron chi connectivity index (χ2n) is 4.08. The Morgan fingerprint density at radius 1 is 1.05 bits per heavy atom. The fourth-order valence-electron chi connectivity index (χ4n) is 1.72. The zero-order valence-corrected chi connectivity index (χ0v) is 12.2. The minimum absolute atomic E-state index is 0.341. The minimum Gasteiger partial charge on any atom is -0.493 e. The predicted octanol–water partition coefficient (Wildman–Crippen LogP) is 3.42. The molecular weight excluding hydrogens is 278 g/mol. The van der Waals surface area contributed by atoms with Crippen LogP contribution in [-0.4, -0.2) is 19.2 Å². The van der Waals surface area contributed by atoms with Crippen molar-refractivity contribution in [1.82, 2.24) is 4.98 Å². The smallest absolute Gasteiger partial charge is 0.213 e. The van der Waals surface area contributed by atoms with Crippen LogP contribution in [0.2, 0.25) is 0 Å². The molecule has 2 rings (SSSR count). The molecule has 106 valence electrons. The van der Waals surface area contributed by atoms with Crippen LogP contribution in [0.3, 0.4) is 0 Å². The van der Waals surface area contributed by atoms with E-state index >= 15 is 0 Å². The fraction of sp³-hybridized carbons (Fsp3) is 0.267. The van der Waals surface area contributed by atoms with Crippen LogP contribution >= 0.6 is 11.6 Å². The van der Waals surface area contributed by atoms with Crippen molar-refractivity contribution in [2.45, 2.75) is 12.5 Å². The van der Waals surface area contributed by atoms with Crippen molar-refractivity contribution < 1.29 is 14.2 Å². The van der Waals surface area contributed by atoms with Gasteiger partial charge in [-0.1, -0.05) is 12.1 Å². The van der Waals surface area contributed by atoms with Gasteiger partial charge in [0.15, 0.2) is 11.5 Å². The highest BCUT2D eigenvalue weighted by atomic mass is 35.5. The van der Waals surface area contributed by atoms with E-state index in [1.165, 1.54) is 0 Å². The standard InChI is InChI=1S/C15H16ClNO3/c1-18-14-8-11(9-16)6-7-13(14)20-10-12-4-3-5-15(17-12)19-2/h3-8H,9-10H2,1-2H3. The minimum atomic E-state index is 0.341. The molecule has 0 unspecified atom stereocenters. The number of aromatic nitrogens is 1. The average molecular weight is 294 g/mol. The second-order valence-corrected chi connectivity index (χ2v) is 4.35. The van der Waals surface area contributed by atoms with Gasteiger partial charge in [0.2, 0.25) is 5.88 Å². The second kappa shape index (κ2) is 7.01. The summed E-state index contributed by atoms with van der Waals surface area (Å²) in [6.45, 7) is 0.341. The Morgan fingerprint density at radius 3 is 2.60 bits per heavy atom. The zero-order chi connectivity index (χ0) is 14.4. The van der Waals surface area contributed by atoms with E-state index in [1.807, 2.05) is 30.3 Å². The van der Waals surface area contributed by atoms with Crippen molar-refractivity contribution in [3.63, 3.8) is 0 Å². The van der Waals surface area contributed by atoms with Gasteiger partial charge in [0.1, 0.15) is 6.61 Å². The molecule has 0 aliphatic rings. The van der Waals surface area contributed by atoms with Crippen LogP contribution in [0.4, 0.5) is 0 Å². The molecule has 0 saturated carbocycles. The van der Waals surface area contributed by atoms with Gasteiger partial charge < -0.3 is 14.2 Å². The summed E-state index contributed by atoms with van der Waals surface area (Å²) in [7, 11) is 3.19. The van der Waals surface area contributed by atoms with Gasteiger partial charge in [-0.3, -0.25) is 0 Å². The van der Waals surface area contributed by atoms with Crippen LogP contribution in [0.5, 0.6) is 17.4 Å². The van der Waals surface area contributed by atoms with E-state index < -0.39 is 0 Å². The van der Waals surface area contributed by atoms with Crippen molar-refractivity contribution in [2.24, 2.45) is 0 Å². The van der Waals surface area contributed by atoms with Gasteiger partial charge in [-0.25, -0.2) is 4.98 Å². The Kier molecular flexibility index (Phi) is 5.07. The summed E-state index contributed by atoms with van der Waals surface area (Å²) in [6, 6.07) is 11.2. The summed E-state index contributed by atoms with van der Waals surface area (Å²) in [5.74, 6) is 2.32. The lowest BCUT2D eigenvalue weighted by molar-refractivity contribution is 0.278. The van der Waals surface area contributed by atoms with Crippen LogP contribution in [0.1, 0.15) is 11.3 Å². The summed E-state index contributed by atoms with van der Waals surface area (Å²) >= 11 is 5.79. The molecule has 4 nitrogen and oxygen atoms in total. The summed E-state index contributed by atoms with van der Waals surface area (Å²) in [6.07, 6.45) is 0. The van der Waals surface area contributed by atoms with E-state index in [2.05, 4.69) is 4.98 Å². The molecule has 1 aromatic carbocycles. The first-order valence-corrected chi connectivity index (χ1v) is 6.66. The molecule has 20 heavy (non-hydrogen) atoms. The van der Waals surface area contributed by atoms with Gasteiger partial charge >= 0.3 is 0 Å². The summed E-state index contributed by atoms with van der Waals surface area (Å²) in [5, 5.41) is 0. The first-order chi connectivity index (χ1) is 9.76. The number of rotatable bonds is 6. The number of benzene rings is 1. The number of hydrogen-bond donors (Lipinski definition) is 0. The van der Waals surface area contributed by atoms with Crippen LogP contribution in [0.15, 0.2) is 36.4 Å². The maximum absolute atomic E-state index is 5.79. The van der Waals surface area contributed by atoms with E-state index in [1.54, 1.807) is 20.3 Å². The molecule has 0 aliphatic carbocycles. The largest absolute Gasteiger partial charge is 0.493 e. The Morgan fingerprint density at radius 2 is 1.90 bits per heavy atom. The van der Waals surface area contributed by atoms with Crippen molar-refractivity contribution in [1.29, 1.82) is 0 Å². The molecule has 0 N–H and O–H groups in total. The van der Waals surface area contributed by atoms with E-state index in [0.29, 0.717) is 29.9 Å². The third kappa shape index (κ3) is 3.54. The maximum atomic E-state index is 5.79. The fourth-order valence-corrected chi connectivity index (χ4v) is 1.88. The van der Waals surface area contributed by atoms with E-state index in [-0.39, 0.29) is 0 Å². The van der Waals surface area contributed by atoms with Crippen molar-refractivity contribution in [3.8, 4) is 17.4 Å². The highest BCUT2D eigenvalue weighted by Crippen LogP contribution is 2.29. The van der Waals surface area contributed by atoms with Crippen LogP contribution in [-0.2, 0) is 12.5 Å². The first-order valence-electron chi connectivity index (χ1n) is 6.12. The molecule has 0 atom stereocenters. The number of pyridine rings is 1. The molecular formula is C15H16ClNO3. The van der Waals surface area contributed by atoms with Crippen LogP contribution in [0.25, 0.3) is 0 Å². The molecule has 5 heteroatoms. The van der Waals surface area contributed by atoms with Crippen LogP contribution in [0, 0.1) is 0 Å². The highest BCUT2D eigenvalue weighted by Gasteiger charge is 2.06. The molecule has 1 heterocycles. The lowest BCUT2D eigenvalue weighted by Crippen LogP contribution is -2.01. The van der Waals surface area contributed by atoms with Crippen molar-refractivity contribution in [3.05, 3.63) is 47.7 Å². The lowest BCUT2D eigenvalue weighted by atomic mass is 10.2. The first kappa shape index (κ1) is 14.5. The normalized spacial score (nSPS) is 10.2. The molecule has 0 radical (unpaired) electrons. The number of hydrogen-bond acceptors (Lipinski definition) is 4. The highest BCUT2D eigenvalue weighted by molar-refractivity contribution is 6.17. The lowest BCUT2D eigenvalue weighted by Gasteiger charge is -2.11. The van der Waals surface area contributed by atoms with Gasteiger partial charge in [0.25, 0.3) is 0 Å². The summed E-state index contributed by atoms with van der Waals surface area (Å²) in [4.78, 5) is 4.29. The SMILES string of the molecule is COc1cccc(COc2ccc(CCl)cc2OC)n1.